The van der Waals surface area contributed by atoms with Crippen LogP contribution >= 0.6 is 11.3 Å². The number of aliphatic hydroxyl groups is 1. The van der Waals surface area contributed by atoms with Gasteiger partial charge in [0.05, 0.1) is 17.2 Å². The highest BCUT2D eigenvalue weighted by atomic mass is 32.1. The summed E-state index contributed by atoms with van der Waals surface area (Å²) < 4.78 is 0. The van der Waals surface area contributed by atoms with Crippen molar-refractivity contribution < 1.29 is 5.11 Å². The third kappa shape index (κ3) is 3.19. The van der Waals surface area contributed by atoms with Gasteiger partial charge in [-0.15, -0.1) is 0 Å². The molecule has 0 saturated carbocycles. The number of nitrogens with zero attached hydrogens (tertiary/aromatic N) is 2. The second-order valence-corrected chi connectivity index (χ2v) is 5.33. The van der Waals surface area contributed by atoms with Crippen LogP contribution in [0.15, 0.2) is 0 Å². The Kier molecular flexibility index (Phi) is 5.22. The zero-order chi connectivity index (χ0) is 12.1. The van der Waals surface area contributed by atoms with Crippen LogP contribution in [-0.4, -0.2) is 23.7 Å². The number of aromatic nitrogens is 1. The van der Waals surface area contributed by atoms with Crippen molar-refractivity contribution in [3.05, 3.63) is 10.6 Å². The van der Waals surface area contributed by atoms with Crippen molar-refractivity contribution in [1.29, 1.82) is 0 Å². The fourth-order valence-corrected chi connectivity index (χ4v) is 2.59. The van der Waals surface area contributed by atoms with Crippen LogP contribution in [-0.2, 0) is 13.0 Å². The lowest BCUT2D eigenvalue weighted by molar-refractivity contribution is 0.284. The molecule has 0 amide bonds. The molecule has 4 heteroatoms. The molecule has 0 aliphatic rings. The highest BCUT2D eigenvalue weighted by Crippen LogP contribution is 2.26. The van der Waals surface area contributed by atoms with Gasteiger partial charge in [0, 0.05) is 13.6 Å². The molecule has 92 valence electrons. The first-order chi connectivity index (χ1) is 7.62. The van der Waals surface area contributed by atoms with Gasteiger partial charge in [-0.1, -0.05) is 38.5 Å². The van der Waals surface area contributed by atoms with E-state index in [1.165, 1.54) is 6.42 Å². The topological polar surface area (TPSA) is 36.4 Å². The summed E-state index contributed by atoms with van der Waals surface area (Å²) in [6.07, 6.45) is 2.08. The van der Waals surface area contributed by atoms with Crippen molar-refractivity contribution in [2.45, 2.75) is 40.2 Å². The van der Waals surface area contributed by atoms with Crippen molar-refractivity contribution >= 4 is 16.5 Å². The van der Waals surface area contributed by atoms with E-state index >= 15 is 0 Å². The number of hydrogen-bond donors (Lipinski definition) is 1. The number of aliphatic hydroxyl groups excluding tert-OH is 1. The smallest absolute Gasteiger partial charge is 0.185 e. The Labute approximate surface area is 102 Å². The van der Waals surface area contributed by atoms with Gasteiger partial charge < -0.3 is 10.0 Å². The minimum absolute atomic E-state index is 0.109. The summed E-state index contributed by atoms with van der Waals surface area (Å²) in [7, 11) is 2.07. The first kappa shape index (κ1) is 13.5. The minimum atomic E-state index is 0.109. The standard InChI is InChI=1S/C12H22N2OS/c1-5-9(3)7-14(4)12-13-10(6-2)11(8-15)16-12/h9,15H,5-8H2,1-4H3. The molecule has 0 bridgehead atoms. The largest absolute Gasteiger partial charge is 0.391 e. The van der Waals surface area contributed by atoms with Crippen LogP contribution in [0.1, 0.15) is 37.8 Å². The van der Waals surface area contributed by atoms with E-state index in [1.807, 2.05) is 0 Å². The second-order valence-electron chi connectivity index (χ2n) is 4.27. The first-order valence-electron chi connectivity index (χ1n) is 5.92. The Morgan fingerprint density at radius 2 is 2.12 bits per heavy atom. The lowest BCUT2D eigenvalue weighted by atomic mass is 10.1. The maximum atomic E-state index is 9.22. The minimum Gasteiger partial charge on any atom is -0.391 e. The molecule has 0 aliphatic heterocycles. The lowest BCUT2D eigenvalue weighted by Gasteiger charge is -2.19. The van der Waals surface area contributed by atoms with Gasteiger partial charge in [0.2, 0.25) is 0 Å². The number of anilines is 1. The van der Waals surface area contributed by atoms with Gasteiger partial charge in [0.1, 0.15) is 0 Å². The van der Waals surface area contributed by atoms with Crippen molar-refractivity contribution in [3.63, 3.8) is 0 Å². The molecule has 0 fully saturated rings. The predicted molar refractivity (Wildman–Crippen MR) is 70.1 cm³/mol. The van der Waals surface area contributed by atoms with Gasteiger partial charge in [0.15, 0.2) is 5.13 Å². The average molecular weight is 242 g/mol. The Hall–Kier alpha value is -0.610. The maximum Gasteiger partial charge on any atom is 0.185 e. The van der Waals surface area contributed by atoms with Crippen molar-refractivity contribution in [2.75, 3.05) is 18.5 Å². The molecule has 1 heterocycles. The number of thiazole rings is 1. The van der Waals surface area contributed by atoms with Crippen LogP contribution in [0.2, 0.25) is 0 Å². The summed E-state index contributed by atoms with van der Waals surface area (Å²) in [6, 6.07) is 0. The summed E-state index contributed by atoms with van der Waals surface area (Å²) in [5.41, 5.74) is 1.04. The predicted octanol–water partition coefficient (Wildman–Crippen LogP) is 2.68. The van der Waals surface area contributed by atoms with Crippen molar-refractivity contribution in [3.8, 4) is 0 Å². The third-order valence-corrected chi connectivity index (χ3v) is 4.05. The van der Waals surface area contributed by atoms with Crippen LogP contribution in [0, 0.1) is 5.92 Å². The number of rotatable bonds is 6. The summed E-state index contributed by atoms with van der Waals surface area (Å²) in [6.45, 7) is 7.66. The van der Waals surface area contributed by atoms with E-state index in [1.54, 1.807) is 11.3 Å². The van der Waals surface area contributed by atoms with Gasteiger partial charge in [-0.05, 0) is 12.3 Å². The Bertz CT molecular complexity index is 303. The summed E-state index contributed by atoms with van der Waals surface area (Å²) in [5.74, 6) is 0.677. The molecule has 1 aromatic rings. The molecule has 1 unspecified atom stereocenters. The molecule has 1 rings (SSSR count). The van der Waals surface area contributed by atoms with E-state index in [0.29, 0.717) is 5.92 Å². The van der Waals surface area contributed by atoms with E-state index in [9.17, 15) is 5.11 Å². The van der Waals surface area contributed by atoms with Crippen LogP contribution in [0.3, 0.4) is 0 Å². The lowest BCUT2D eigenvalue weighted by Crippen LogP contribution is -2.23. The van der Waals surface area contributed by atoms with Gasteiger partial charge >= 0.3 is 0 Å². The highest BCUT2D eigenvalue weighted by Gasteiger charge is 2.13. The van der Waals surface area contributed by atoms with E-state index in [4.69, 9.17) is 0 Å². The highest BCUT2D eigenvalue weighted by molar-refractivity contribution is 7.15. The SMILES string of the molecule is CCc1nc(N(C)CC(C)CC)sc1CO. The van der Waals surface area contributed by atoms with Gasteiger partial charge in [-0.25, -0.2) is 4.98 Å². The van der Waals surface area contributed by atoms with Gasteiger partial charge in [0.25, 0.3) is 0 Å². The quantitative estimate of drug-likeness (QED) is 0.833. The molecular weight excluding hydrogens is 220 g/mol. The maximum absolute atomic E-state index is 9.22. The molecule has 0 saturated heterocycles. The Morgan fingerprint density at radius 1 is 1.44 bits per heavy atom. The summed E-state index contributed by atoms with van der Waals surface area (Å²) in [5, 5.41) is 10.3. The normalized spacial score (nSPS) is 12.8. The van der Waals surface area contributed by atoms with E-state index in [0.717, 1.165) is 28.7 Å². The molecule has 0 radical (unpaired) electrons. The molecule has 1 atom stereocenters. The molecule has 16 heavy (non-hydrogen) atoms. The van der Waals surface area contributed by atoms with Crippen LogP contribution in [0.25, 0.3) is 0 Å². The summed E-state index contributed by atoms with van der Waals surface area (Å²) in [4.78, 5) is 7.77. The molecule has 0 aliphatic carbocycles. The molecule has 0 aromatic carbocycles. The van der Waals surface area contributed by atoms with E-state index in [-0.39, 0.29) is 6.61 Å². The zero-order valence-electron chi connectivity index (χ0n) is 10.7. The van der Waals surface area contributed by atoms with Crippen molar-refractivity contribution in [1.82, 2.24) is 4.98 Å². The molecule has 1 aromatic heterocycles. The third-order valence-electron chi connectivity index (χ3n) is 2.85. The fourth-order valence-electron chi connectivity index (χ4n) is 1.61. The Morgan fingerprint density at radius 3 is 2.56 bits per heavy atom. The monoisotopic (exact) mass is 242 g/mol. The second kappa shape index (κ2) is 6.21. The molecule has 3 nitrogen and oxygen atoms in total. The van der Waals surface area contributed by atoms with Crippen LogP contribution < -0.4 is 4.90 Å². The van der Waals surface area contributed by atoms with Crippen LogP contribution in [0.5, 0.6) is 0 Å². The fraction of sp³-hybridized carbons (Fsp3) is 0.750. The number of aryl methyl sites for hydroxylation is 1. The van der Waals surface area contributed by atoms with Gasteiger partial charge in [-0.3, -0.25) is 0 Å². The molecular formula is C12H22N2OS. The molecule has 1 N–H and O–H groups in total. The average Bonchev–Trinajstić information content (AvgIpc) is 2.71. The van der Waals surface area contributed by atoms with E-state index in [2.05, 4.69) is 37.7 Å². The Balaban J connectivity index is 2.75. The zero-order valence-corrected chi connectivity index (χ0v) is 11.5. The molecule has 0 spiro atoms. The van der Waals surface area contributed by atoms with E-state index < -0.39 is 0 Å². The van der Waals surface area contributed by atoms with Crippen molar-refractivity contribution in [2.24, 2.45) is 5.92 Å². The first-order valence-corrected chi connectivity index (χ1v) is 6.74. The summed E-state index contributed by atoms with van der Waals surface area (Å²) >= 11 is 1.61. The van der Waals surface area contributed by atoms with Crippen LogP contribution in [0.4, 0.5) is 5.13 Å². The number of hydrogen-bond acceptors (Lipinski definition) is 4. The van der Waals surface area contributed by atoms with Gasteiger partial charge in [-0.2, -0.15) is 0 Å².